The number of nitriles is 1. The number of nitrogens with one attached hydrogen (secondary N) is 2. The maximum atomic E-state index is 13.0. The van der Waals surface area contributed by atoms with E-state index in [-0.39, 0.29) is 34.0 Å². The Morgan fingerprint density at radius 2 is 1.89 bits per heavy atom. The molecule has 2 unspecified atom stereocenters. The van der Waals surface area contributed by atoms with Gasteiger partial charge in [-0.15, -0.1) is 0 Å². The third kappa shape index (κ3) is 5.28. The number of amides is 1. The van der Waals surface area contributed by atoms with E-state index in [4.69, 9.17) is 19.5 Å². The van der Waals surface area contributed by atoms with Crippen LogP contribution >= 0.6 is 0 Å². The Morgan fingerprint density at radius 1 is 1.18 bits per heavy atom. The maximum Gasteiger partial charge on any atom is 0.291 e. The minimum Gasteiger partial charge on any atom is -0.382 e. The molecule has 3 aliphatic rings. The van der Waals surface area contributed by atoms with E-state index >= 15 is 0 Å². The summed E-state index contributed by atoms with van der Waals surface area (Å²) in [5.74, 6) is 0.0581. The van der Waals surface area contributed by atoms with Crippen LogP contribution in [0.15, 0.2) is 30.5 Å². The van der Waals surface area contributed by atoms with Crippen LogP contribution in [0, 0.1) is 16.7 Å². The molecule has 0 radical (unpaired) electrons. The highest BCUT2D eigenvalue weighted by Gasteiger charge is 2.55. The van der Waals surface area contributed by atoms with Gasteiger partial charge in [0.05, 0.1) is 24.4 Å². The van der Waals surface area contributed by atoms with Crippen LogP contribution in [0.4, 0.5) is 5.69 Å². The lowest BCUT2D eigenvalue weighted by atomic mass is 9.75. The fourth-order valence-corrected chi connectivity index (χ4v) is 6.55. The molecule has 1 amide bonds. The molecule has 2 aromatic rings. The summed E-state index contributed by atoms with van der Waals surface area (Å²) in [5.41, 5.74) is 4.18. The minimum absolute atomic E-state index is 0.124. The highest BCUT2D eigenvalue weighted by Crippen LogP contribution is 2.54. The third-order valence-corrected chi connectivity index (χ3v) is 8.51. The topological polar surface area (TPSA) is 109 Å². The van der Waals surface area contributed by atoms with Crippen LogP contribution in [0.5, 0.6) is 0 Å². The Balaban J connectivity index is 1.49. The van der Waals surface area contributed by atoms with Gasteiger partial charge in [0.25, 0.3) is 5.91 Å². The summed E-state index contributed by atoms with van der Waals surface area (Å²) in [6.07, 6.45) is 10.5. The van der Waals surface area contributed by atoms with Crippen LogP contribution in [0.3, 0.4) is 0 Å². The maximum absolute atomic E-state index is 13.0. The number of carbonyl (C=O) groups is 1. The molecular formula is C30H38N4O4. The van der Waals surface area contributed by atoms with E-state index in [0.29, 0.717) is 19.1 Å². The number of ether oxygens (including phenoxy) is 3. The molecule has 2 atom stereocenters. The molecule has 2 fully saturated rings. The SMILES string of the molecule is COCC12CCC(COC)(CC(c3ccc(NC(=O)c4nc(C#N)c[nH]4)c(C4=CCC(C)(C)CC4)c3)C1)O2. The van der Waals surface area contributed by atoms with Gasteiger partial charge < -0.3 is 24.5 Å². The van der Waals surface area contributed by atoms with Crippen molar-refractivity contribution < 1.29 is 19.0 Å². The third-order valence-electron chi connectivity index (χ3n) is 8.51. The molecule has 8 nitrogen and oxygen atoms in total. The van der Waals surface area contributed by atoms with Gasteiger partial charge in [0.15, 0.2) is 11.5 Å². The average molecular weight is 519 g/mol. The molecule has 1 aromatic carbocycles. The van der Waals surface area contributed by atoms with E-state index in [2.05, 4.69) is 47.3 Å². The lowest BCUT2D eigenvalue weighted by molar-refractivity contribution is -0.184. The largest absolute Gasteiger partial charge is 0.382 e. The summed E-state index contributed by atoms with van der Waals surface area (Å²) < 4.78 is 17.9. The van der Waals surface area contributed by atoms with Crippen LogP contribution in [-0.2, 0) is 14.2 Å². The van der Waals surface area contributed by atoms with Gasteiger partial charge in [-0.2, -0.15) is 5.26 Å². The minimum atomic E-state index is -0.362. The van der Waals surface area contributed by atoms with Crippen molar-refractivity contribution in [2.45, 2.75) is 75.9 Å². The van der Waals surface area contributed by atoms with E-state index in [1.807, 2.05) is 12.1 Å². The van der Waals surface area contributed by atoms with E-state index in [1.165, 1.54) is 17.3 Å². The summed E-state index contributed by atoms with van der Waals surface area (Å²) in [6.45, 7) is 5.74. The number of aromatic nitrogens is 2. The predicted molar refractivity (Wildman–Crippen MR) is 145 cm³/mol. The summed E-state index contributed by atoms with van der Waals surface area (Å²) in [5, 5.41) is 12.1. The van der Waals surface area contributed by atoms with Crippen LogP contribution in [0.1, 0.15) is 92.2 Å². The molecule has 0 spiro atoms. The van der Waals surface area contributed by atoms with Crippen molar-refractivity contribution in [3.8, 4) is 6.07 Å². The van der Waals surface area contributed by atoms with Gasteiger partial charge in [-0.3, -0.25) is 4.79 Å². The van der Waals surface area contributed by atoms with Gasteiger partial charge in [0.2, 0.25) is 0 Å². The Morgan fingerprint density at radius 3 is 2.47 bits per heavy atom. The number of fused-ring (bicyclic) bond motifs is 2. The van der Waals surface area contributed by atoms with Gasteiger partial charge in [0, 0.05) is 31.7 Å². The second-order valence-electron chi connectivity index (χ2n) is 12.0. The Kier molecular flexibility index (Phi) is 7.21. The molecule has 2 saturated heterocycles. The number of rotatable bonds is 8. The quantitative estimate of drug-likeness (QED) is 0.472. The molecule has 8 heteroatoms. The van der Waals surface area contributed by atoms with E-state index in [9.17, 15) is 4.79 Å². The van der Waals surface area contributed by atoms with Crippen LogP contribution < -0.4 is 5.32 Å². The zero-order chi connectivity index (χ0) is 27.0. The van der Waals surface area contributed by atoms with Gasteiger partial charge in [-0.1, -0.05) is 26.0 Å². The fourth-order valence-electron chi connectivity index (χ4n) is 6.55. The van der Waals surface area contributed by atoms with Crippen LogP contribution in [-0.4, -0.2) is 54.5 Å². The standard InChI is InChI=1S/C30H38N4O4/c1-28(2)9-7-20(8-10-28)24-13-21(5-6-25(24)34-27(35)26-32-17-23(16-31)33-26)22-14-29(18-36-3)11-12-30(15-22,38-29)19-37-4/h5-7,13,17,22H,8-12,14-15,18-19H2,1-4H3,(H,32,33)(H,34,35). The van der Waals surface area contributed by atoms with Crippen molar-refractivity contribution in [3.63, 3.8) is 0 Å². The van der Waals surface area contributed by atoms with E-state index < -0.39 is 0 Å². The molecule has 2 bridgehead atoms. The lowest BCUT2D eigenvalue weighted by Gasteiger charge is -2.44. The average Bonchev–Trinajstić information content (AvgIpc) is 3.47. The van der Waals surface area contributed by atoms with Gasteiger partial charge in [0.1, 0.15) is 6.07 Å². The molecule has 3 heterocycles. The summed E-state index contributed by atoms with van der Waals surface area (Å²) in [6, 6.07) is 8.37. The first-order valence-corrected chi connectivity index (χ1v) is 13.5. The first kappa shape index (κ1) is 26.6. The molecule has 1 aliphatic carbocycles. The smallest absolute Gasteiger partial charge is 0.291 e. The monoisotopic (exact) mass is 518 g/mol. The number of imidazole rings is 1. The molecule has 0 saturated carbocycles. The number of carbonyl (C=O) groups excluding carboxylic acids is 1. The highest BCUT2D eigenvalue weighted by atomic mass is 16.6. The summed E-state index contributed by atoms with van der Waals surface area (Å²) >= 11 is 0. The number of nitrogens with zero attached hydrogens (tertiary/aromatic N) is 2. The fraction of sp³-hybridized carbons (Fsp3) is 0.567. The molecular weight excluding hydrogens is 480 g/mol. The van der Waals surface area contributed by atoms with Gasteiger partial charge in [-0.25, -0.2) is 4.98 Å². The highest BCUT2D eigenvalue weighted by molar-refractivity contribution is 6.03. The number of hydrogen-bond donors (Lipinski definition) is 2. The van der Waals surface area contributed by atoms with Crippen molar-refractivity contribution in [1.29, 1.82) is 5.26 Å². The van der Waals surface area contributed by atoms with Crippen molar-refractivity contribution >= 4 is 17.2 Å². The Bertz CT molecular complexity index is 1250. The molecule has 2 aliphatic heterocycles. The molecule has 202 valence electrons. The second-order valence-corrected chi connectivity index (χ2v) is 12.0. The van der Waals surface area contributed by atoms with Crippen molar-refractivity contribution in [3.05, 3.63) is 53.1 Å². The van der Waals surface area contributed by atoms with E-state index in [0.717, 1.165) is 56.2 Å². The van der Waals surface area contributed by atoms with Gasteiger partial charge >= 0.3 is 0 Å². The summed E-state index contributed by atoms with van der Waals surface area (Å²) in [4.78, 5) is 19.9. The first-order valence-electron chi connectivity index (χ1n) is 13.5. The predicted octanol–water partition coefficient (Wildman–Crippen LogP) is 5.59. The van der Waals surface area contributed by atoms with Crippen molar-refractivity contribution in [2.24, 2.45) is 5.41 Å². The van der Waals surface area contributed by atoms with Gasteiger partial charge in [-0.05, 0) is 79.5 Å². The number of H-pyrrole nitrogens is 1. The van der Waals surface area contributed by atoms with Crippen LogP contribution in [0.2, 0.25) is 0 Å². The van der Waals surface area contributed by atoms with Crippen LogP contribution in [0.25, 0.3) is 5.57 Å². The number of methoxy groups -OCH3 is 2. The number of benzene rings is 1. The zero-order valence-corrected chi connectivity index (χ0v) is 22.9. The second kappa shape index (κ2) is 10.3. The number of anilines is 1. The molecule has 1 aromatic heterocycles. The number of hydrogen-bond acceptors (Lipinski definition) is 6. The van der Waals surface area contributed by atoms with Crippen molar-refractivity contribution in [2.75, 3.05) is 32.8 Å². The zero-order valence-electron chi connectivity index (χ0n) is 22.9. The van der Waals surface area contributed by atoms with Crippen molar-refractivity contribution in [1.82, 2.24) is 9.97 Å². The normalized spacial score (nSPS) is 28.0. The Hall–Kier alpha value is -2.99. The molecule has 38 heavy (non-hydrogen) atoms. The number of aromatic amines is 1. The first-order chi connectivity index (χ1) is 18.2. The lowest BCUT2D eigenvalue weighted by Crippen LogP contribution is -2.48. The number of allylic oxidation sites excluding steroid dienone is 2. The molecule has 5 rings (SSSR count). The van der Waals surface area contributed by atoms with E-state index in [1.54, 1.807) is 14.2 Å². The Labute approximate surface area is 224 Å². The summed E-state index contributed by atoms with van der Waals surface area (Å²) in [7, 11) is 3.48. The molecule has 2 N–H and O–H groups in total.